The van der Waals surface area contributed by atoms with Crippen molar-refractivity contribution in [3.8, 4) is 6.07 Å². The Labute approximate surface area is 130 Å². The molecule has 0 bridgehead atoms. The number of nitrogens with zero attached hydrogens (tertiary/aromatic N) is 2. The summed E-state index contributed by atoms with van der Waals surface area (Å²) in [6.07, 6.45) is 8.42. The van der Waals surface area contributed by atoms with Gasteiger partial charge in [0.25, 0.3) is 0 Å². The Kier molecular flexibility index (Phi) is 5.68. The minimum Gasteiger partial charge on any atom is -0.395 e. The van der Waals surface area contributed by atoms with Gasteiger partial charge in [0, 0.05) is 18.6 Å². The highest BCUT2D eigenvalue weighted by Gasteiger charge is 2.40. The van der Waals surface area contributed by atoms with Crippen molar-refractivity contribution in [2.75, 3.05) is 13.2 Å². The lowest BCUT2D eigenvalue weighted by atomic mass is 9.67. The SMILES string of the molecule is CC(C)(C)C1CCC(C#N)C(N(CCO)C2CCCC2)C1. The van der Waals surface area contributed by atoms with E-state index in [0.717, 1.165) is 19.4 Å². The summed E-state index contributed by atoms with van der Waals surface area (Å²) in [6.45, 7) is 7.93. The second-order valence-electron chi connectivity index (χ2n) is 8.08. The predicted molar refractivity (Wildman–Crippen MR) is 85.7 cm³/mol. The van der Waals surface area contributed by atoms with Gasteiger partial charge >= 0.3 is 0 Å². The maximum atomic E-state index is 9.57. The van der Waals surface area contributed by atoms with Gasteiger partial charge in [0.15, 0.2) is 0 Å². The van der Waals surface area contributed by atoms with Gasteiger partial charge in [-0.3, -0.25) is 4.90 Å². The van der Waals surface area contributed by atoms with Gasteiger partial charge < -0.3 is 5.11 Å². The zero-order valence-corrected chi connectivity index (χ0v) is 14.0. The van der Waals surface area contributed by atoms with E-state index in [9.17, 15) is 10.4 Å². The Balaban J connectivity index is 2.15. The second kappa shape index (κ2) is 7.11. The Bertz CT molecular complexity index is 362. The summed E-state index contributed by atoms with van der Waals surface area (Å²) in [7, 11) is 0. The van der Waals surface area contributed by atoms with Crippen LogP contribution in [0.4, 0.5) is 0 Å². The first-order valence-corrected chi connectivity index (χ1v) is 8.73. The molecule has 0 heterocycles. The summed E-state index contributed by atoms with van der Waals surface area (Å²) < 4.78 is 0. The van der Waals surface area contributed by atoms with Gasteiger partial charge in [0.1, 0.15) is 0 Å². The molecule has 2 saturated carbocycles. The van der Waals surface area contributed by atoms with Gasteiger partial charge in [0.05, 0.1) is 18.6 Å². The first-order valence-electron chi connectivity index (χ1n) is 8.73. The molecule has 0 spiro atoms. The van der Waals surface area contributed by atoms with Gasteiger partial charge in [-0.2, -0.15) is 5.26 Å². The van der Waals surface area contributed by atoms with E-state index in [0.29, 0.717) is 23.4 Å². The molecule has 21 heavy (non-hydrogen) atoms. The molecule has 0 saturated heterocycles. The number of hydrogen-bond donors (Lipinski definition) is 1. The normalized spacial score (nSPS) is 31.5. The molecule has 1 N–H and O–H groups in total. The summed E-state index contributed by atoms with van der Waals surface area (Å²) in [6, 6.07) is 3.51. The second-order valence-corrected chi connectivity index (χ2v) is 8.08. The summed E-state index contributed by atoms with van der Waals surface area (Å²) in [5, 5.41) is 19.1. The molecule has 3 atom stereocenters. The molecule has 0 aromatic carbocycles. The maximum absolute atomic E-state index is 9.57. The fourth-order valence-corrected chi connectivity index (χ4v) is 4.42. The molecule has 3 heteroatoms. The summed E-state index contributed by atoms with van der Waals surface area (Å²) in [5.74, 6) is 0.838. The van der Waals surface area contributed by atoms with E-state index in [1.165, 1.54) is 32.1 Å². The molecule has 0 aliphatic heterocycles. The fourth-order valence-electron chi connectivity index (χ4n) is 4.42. The van der Waals surface area contributed by atoms with Crippen LogP contribution in [0.3, 0.4) is 0 Å². The number of nitriles is 1. The summed E-state index contributed by atoms with van der Waals surface area (Å²) in [4.78, 5) is 2.50. The van der Waals surface area contributed by atoms with Crippen molar-refractivity contribution in [2.24, 2.45) is 17.3 Å². The molecule has 2 aliphatic rings. The van der Waals surface area contributed by atoms with E-state index in [1.807, 2.05) is 0 Å². The molecule has 3 nitrogen and oxygen atoms in total. The molecular formula is C18H32N2O. The van der Waals surface area contributed by atoms with Crippen molar-refractivity contribution in [1.82, 2.24) is 4.90 Å². The molecule has 0 aromatic rings. The summed E-state index contributed by atoms with van der Waals surface area (Å²) in [5.41, 5.74) is 0.319. The average molecular weight is 292 g/mol. The molecule has 0 aromatic heterocycles. The largest absolute Gasteiger partial charge is 0.395 e. The van der Waals surface area contributed by atoms with Crippen LogP contribution in [0.1, 0.15) is 65.7 Å². The van der Waals surface area contributed by atoms with Crippen molar-refractivity contribution in [2.45, 2.75) is 77.8 Å². The Morgan fingerprint density at radius 3 is 2.33 bits per heavy atom. The van der Waals surface area contributed by atoms with E-state index in [2.05, 4.69) is 31.7 Å². The van der Waals surface area contributed by atoms with Crippen molar-refractivity contribution >= 4 is 0 Å². The molecule has 2 rings (SSSR count). The number of rotatable bonds is 4. The van der Waals surface area contributed by atoms with Crippen LogP contribution in [-0.2, 0) is 0 Å². The molecule has 3 unspecified atom stereocenters. The van der Waals surface area contributed by atoms with Crippen LogP contribution in [-0.4, -0.2) is 35.2 Å². The maximum Gasteiger partial charge on any atom is 0.0672 e. The van der Waals surface area contributed by atoms with Gasteiger partial charge in [-0.05, 0) is 43.4 Å². The third-order valence-corrected chi connectivity index (χ3v) is 5.79. The first-order chi connectivity index (χ1) is 9.97. The van der Waals surface area contributed by atoms with E-state index in [1.54, 1.807) is 0 Å². The van der Waals surface area contributed by atoms with Crippen LogP contribution >= 0.6 is 0 Å². The van der Waals surface area contributed by atoms with Crippen molar-refractivity contribution < 1.29 is 5.11 Å². The first kappa shape index (κ1) is 16.8. The molecule has 0 amide bonds. The molecule has 120 valence electrons. The standard InChI is InChI=1S/C18H32N2O/c1-18(2,3)15-9-8-14(13-19)17(12-15)20(10-11-21)16-6-4-5-7-16/h14-17,21H,4-12H2,1-3H3. The van der Waals surface area contributed by atoms with Crippen molar-refractivity contribution in [3.05, 3.63) is 0 Å². The highest BCUT2D eigenvalue weighted by Crippen LogP contribution is 2.42. The lowest BCUT2D eigenvalue weighted by Crippen LogP contribution is -2.50. The molecular weight excluding hydrogens is 260 g/mol. The van der Waals surface area contributed by atoms with Crippen LogP contribution in [0.15, 0.2) is 0 Å². The lowest BCUT2D eigenvalue weighted by molar-refractivity contribution is 0.0246. The van der Waals surface area contributed by atoms with Crippen molar-refractivity contribution in [3.63, 3.8) is 0 Å². The third kappa shape index (κ3) is 3.99. The summed E-state index contributed by atoms with van der Waals surface area (Å²) >= 11 is 0. The zero-order valence-electron chi connectivity index (χ0n) is 14.0. The Morgan fingerprint density at radius 1 is 1.14 bits per heavy atom. The molecule has 0 radical (unpaired) electrons. The molecule has 2 aliphatic carbocycles. The van der Waals surface area contributed by atoms with E-state index >= 15 is 0 Å². The van der Waals surface area contributed by atoms with E-state index in [-0.39, 0.29) is 12.5 Å². The predicted octanol–water partition coefficient (Wildman–Crippen LogP) is 3.58. The van der Waals surface area contributed by atoms with Gasteiger partial charge in [0.2, 0.25) is 0 Å². The van der Waals surface area contributed by atoms with Crippen LogP contribution in [0.5, 0.6) is 0 Å². The quantitative estimate of drug-likeness (QED) is 0.861. The van der Waals surface area contributed by atoms with E-state index in [4.69, 9.17) is 0 Å². The van der Waals surface area contributed by atoms with Gasteiger partial charge in [-0.25, -0.2) is 0 Å². The highest BCUT2D eigenvalue weighted by atomic mass is 16.3. The number of aliphatic hydroxyl groups is 1. The lowest BCUT2D eigenvalue weighted by Gasteiger charge is -2.46. The van der Waals surface area contributed by atoms with Crippen molar-refractivity contribution in [1.29, 1.82) is 5.26 Å². The van der Waals surface area contributed by atoms with Crippen LogP contribution in [0.2, 0.25) is 0 Å². The Morgan fingerprint density at radius 2 is 1.81 bits per heavy atom. The smallest absolute Gasteiger partial charge is 0.0672 e. The van der Waals surface area contributed by atoms with Crippen LogP contribution < -0.4 is 0 Å². The van der Waals surface area contributed by atoms with E-state index < -0.39 is 0 Å². The molecule has 2 fully saturated rings. The Hall–Kier alpha value is -0.590. The highest BCUT2D eigenvalue weighted by molar-refractivity contribution is 5.01. The van der Waals surface area contributed by atoms with Crippen LogP contribution in [0, 0.1) is 28.6 Å². The minimum atomic E-state index is 0.149. The zero-order chi connectivity index (χ0) is 15.5. The number of hydrogen-bond acceptors (Lipinski definition) is 3. The van der Waals surface area contributed by atoms with Crippen LogP contribution in [0.25, 0.3) is 0 Å². The van der Waals surface area contributed by atoms with Gasteiger partial charge in [-0.1, -0.05) is 33.6 Å². The minimum absolute atomic E-state index is 0.149. The fraction of sp³-hybridized carbons (Fsp3) is 0.944. The monoisotopic (exact) mass is 292 g/mol. The average Bonchev–Trinajstić information content (AvgIpc) is 2.97. The number of aliphatic hydroxyl groups excluding tert-OH is 1. The topological polar surface area (TPSA) is 47.3 Å². The third-order valence-electron chi connectivity index (χ3n) is 5.79. The van der Waals surface area contributed by atoms with Gasteiger partial charge in [-0.15, -0.1) is 0 Å².